The van der Waals surface area contributed by atoms with Crippen LogP contribution in [0.5, 0.6) is 0 Å². The molecule has 0 spiro atoms. The van der Waals surface area contributed by atoms with Gasteiger partial charge in [-0.05, 0) is 31.0 Å². The quantitative estimate of drug-likeness (QED) is 0.745. The highest BCUT2D eigenvalue weighted by atomic mass is 16.5. The van der Waals surface area contributed by atoms with Crippen molar-refractivity contribution in [3.63, 3.8) is 0 Å². The molecular weight excluding hydrogens is 230 g/mol. The first-order chi connectivity index (χ1) is 8.60. The van der Waals surface area contributed by atoms with E-state index in [0.29, 0.717) is 16.7 Å². The third kappa shape index (κ3) is 3.42. The molecule has 0 saturated heterocycles. The molecule has 18 heavy (non-hydrogen) atoms. The lowest BCUT2D eigenvalue weighted by Gasteiger charge is -2.11. The minimum atomic E-state index is -0.450. The molecule has 0 N–H and O–H groups in total. The van der Waals surface area contributed by atoms with Gasteiger partial charge in [-0.3, -0.25) is 4.79 Å². The lowest BCUT2D eigenvalue weighted by molar-refractivity contribution is -0.116. The average Bonchev–Trinajstić information content (AvgIpc) is 2.31. The van der Waals surface area contributed by atoms with E-state index in [0.717, 1.165) is 0 Å². The Hall–Kier alpha value is -2.15. The highest BCUT2D eigenvalue weighted by Gasteiger charge is 2.16. The van der Waals surface area contributed by atoms with Crippen molar-refractivity contribution >= 4 is 11.8 Å². The summed E-state index contributed by atoms with van der Waals surface area (Å²) in [4.78, 5) is 23.1. The van der Waals surface area contributed by atoms with E-state index in [-0.39, 0.29) is 25.2 Å². The van der Waals surface area contributed by atoms with Crippen molar-refractivity contribution in [2.75, 3.05) is 6.61 Å². The number of ether oxygens (including phenoxy) is 1. The Kier molecular flexibility index (Phi) is 5.06. The van der Waals surface area contributed by atoms with Gasteiger partial charge in [0.2, 0.25) is 0 Å². The Morgan fingerprint density at radius 2 is 2.11 bits per heavy atom. The third-order valence-electron chi connectivity index (χ3n) is 2.46. The number of carbonyl (C=O) groups excluding carboxylic acids is 2. The van der Waals surface area contributed by atoms with Crippen molar-refractivity contribution in [3.05, 3.63) is 34.9 Å². The van der Waals surface area contributed by atoms with Crippen molar-refractivity contribution in [3.8, 4) is 6.07 Å². The standard InChI is InChI=1S/C14H15NO3/c1-3-18-14(17)12-6-4-5-11(7-8-15)13(12)9-10(2)16/h4-6H,3,7,9H2,1-2H3. The van der Waals surface area contributed by atoms with Crippen LogP contribution in [0.25, 0.3) is 0 Å². The smallest absolute Gasteiger partial charge is 0.338 e. The molecule has 1 aromatic rings. The molecule has 4 nitrogen and oxygen atoms in total. The van der Waals surface area contributed by atoms with Crippen molar-refractivity contribution in [2.45, 2.75) is 26.7 Å². The van der Waals surface area contributed by atoms with Gasteiger partial charge in [-0.2, -0.15) is 5.26 Å². The number of Topliss-reactive ketones (excluding diaryl/α,β-unsaturated/α-hetero) is 1. The summed E-state index contributed by atoms with van der Waals surface area (Å²) in [6.07, 6.45) is 0.321. The summed E-state index contributed by atoms with van der Waals surface area (Å²) in [5, 5.41) is 8.76. The van der Waals surface area contributed by atoms with E-state index in [1.807, 2.05) is 6.07 Å². The third-order valence-corrected chi connectivity index (χ3v) is 2.46. The van der Waals surface area contributed by atoms with Gasteiger partial charge in [0.05, 0.1) is 24.7 Å². The normalized spacial score (nSPS) is 9.61. The van der Waals surface area contributed by atoms with Crippen LogP contribution in [0.2, 0.25) is 0 Å². The number of carbonyl (C=O) groups is 2. The fourth-order valence-corrected chi connectivity index (χ4v) is 1.74. The molecule has 1 aromatic carbocycles. The Morgan fingerprint density at radius 3 is 2.67 bits per heavy atom. The van der Waals surface area contributed by atoms with Crippen LogP contribution in [0.15, 0.2) is 18.2 Å². The topological polar surface area (TPSA) is 67.2 Å². The van der Waals surface area contributed by atoms with Gasteiger partial charge < -0.3 is 4.74 Å². The molecule has 0 unspecified atom stereocenters. The Morgan fingerprint density at radius 1 is 1.39 bits per heavy atom. The summed E-state index contributed by atoms with van der Waals surface area (Å²) in [5.41, 5.74) is 1.68. The highest BCUT2D eigenvalue weighted by molar-refractivity contribution is 5.93. The molecule has 0 aliphatic carbocycles. The summed E-state index contributed by atoms with van der Waals surface area (Å²) < 4.78 is 4.95. The van der Waals surface area contributed by atoms with Crippen molar-refractivity contribution in [1.82, 2.24) is 0 Å². The zero-order chi connectivity index (χ0) is 13.5. The molecule has 0 saturated carbocycles. The molecule has 0 amide bonds. The number of nitrogens with zero attached hydrogens (tertiary/aromatic N) is 1. The van der Waals surface area contributed by atoms with Gasteiger partial charge in [-0.1, -0.05) is 12.1 Å². The first-order valence-electron chi connectivity index (χ1n) is 5.74. The molecule has 1 rings (SSSR count). The number of benzene rings is 1. The molecule has 0 radical (unpaired) electrons. The Balaban J connectivity index is 3.23. The lowest BCUT2D eigenvalue weighted by atomic mass is 9.95. The van der Waals surface area contributed by atoms with E-state index >= 15 is 0 Å². The fraction of sp³-hybridized carbons (Fsp3) is 0.357. The van der Waals surface area contributed by atoms with Crippen molar-refractivity contribution < 1.29 is 14.3 Å². The van der Waals surface area contributed by atoms with Crippen LogP contribution in [0.3, 0.4) is 0 Å². The van der Waals surface area contributed by atoms with Crippen LogP contribution < -0.4 is 0 Å². The number of ketones is 1. The summed E-state index contributed by atoms with van der Waals surface area (Å²) in [6, 6.07) is 7.11. The number of rotatable bonds is 5. The van der Waals surface area contributed by atoms with Crippen LogP contribution >= 0.6 is 0 Å². The van der Waals surface area contributed by atoms with E-state index in [4.69, 9.17) is 10.00 Å². The van der Waals surface area contributed by atoms with Gasteiger partial charge in [0.25, 0.3) is 0 Å². The zero-order valence-electron chi connectivity index (χ0n) is 10.5. The molecule has 0 aromatic heterocycles. The van der Waals surface area contributed by atoms with E-state index in [1.54, 1.807) is 25.1 Å². The van der Waals surface area contributed by atoms with Crippen LogP contribution in [0.1, 0.15) is 35.3 Å². The average molecular weight is 245 g/mol. The molecule has 0 bridgehead atoms. The summed E-state index contributed by atoms with van der Waals surface area (Å²) >= 11 is 0. The summed E-state index contributed by atoms with van der Waals surface area (Å²) in [6.45, 7) is 3.46. The van der Waals surface area contributed by atoms with E-state index in [2.05, 4.69) is 0 Å². The summed E-state index contributed by atoms with van der Waals surface area (Å²) in [7, 11) is 0. The van der Waals surface area contributed by atoms with Crippen LogP contribution in [-0.4, -0.2) is 18.4 Å². The van der Waals surface area contributed by atoms with Gasteiger partial charge >= 0.3 is 5.97 Å². The van der Waals surface area contributed by atoms with Gasteiger partial charge in [-0.15, -0.1) is 0 Å². The van der Waals surface area contributed by atoms with Gasteiger partial charge in [0, 0.05) is 6.42 Å². The Bertz CT molecular complexity index is 500. The first-order valence-corrected chi connectivity index (χ1v) is 5.74. The zero-order valence-corrected chi connectivity index (χ0v) is 10.5. The second kappa shape index (κ2) is 6.55. The SMILES string of the molecule is CCOC(=O)c1cccc(CC#N)c1CC(C)=O. The molecular formula is C14H15NO3. The fourth-order valence-electron chi connectivity index (χ4n) is 1.74. The summed E-state index contributed by atoms with van der Waals surface area (Å²) in [5.74, 6) is -0.500. The monoisotopic (exact) mass is 245 g/mol. The van der Waals surface area contributed by atoms with Crippen LogP contribution in [-0.2, 0) is 22.4 Å². The largest absolute Gasteiger partial charge is 0.462 e. The van der Waals surface area contributed by atoms with Gasteiger partial charge in [-0.25, -0.2) is 4.79 Å². The van der Waals surface area contributed by atoms with Crippen LogP contribution in [0.4, 0.5) is 0 Å². The van der Waals surface area contributed by atoms with Crippen LogP contribution in [0, 0.1) is 11.3 Å². The molecule has 0 atom stereocenters. The minimum Gasteiger partial charge on any atom is -0.462 e. The second-order valence-corrected chi connectivity index (χ2v) is 3.88. The Labute approximate surface area is 106 Å². The van der Waals surface area contributed by atoms with Gasteiger partial charge in [0.1, 0.15) is 5.78 Å². The maximum absolute atomic E-state index is 11.8. The highest BCUT2D eigenvalue weighted by Crippen LogP contribution is 2.18. The predicted octanol–water partition coefficient (Wildman–Crippen LogP) is 2.06. The molecule has 0 aliphatic heterocycles. The van der Waals surface area contributed by atoms with Gasteiger partial charge in [0.15, 0.2) is 0 Å². The number of hydrogen-bond donors (Lipinski definition) is 0. The van der Waals surface area contributed by atoms with E-state index in [9.17, 15) is 9.59 Å². The maximum atomic E-state index is 11.8. The van der Waals surface area contributed by atoms with E-state index in [1.165, 1.54) is 6.92 Å². The second-order valence-electron chi connectivity index (χ2n) is 3.88. The number of esters is 1. The molecule has 4 heteroatoms. The number of hydrogen-bond acceptors (Lipinski definition) is 4. The van der Waals surface area contributed by atoms with Crippen molar-refractivity contribution in [2.24, 2.45) is 0 Å². The molecule has 0 fully saturated rings. The maximum Gasteiger partial charge on any atom is 0.338 e. The lowest BCUT2D eigenvalue weighted by Crippen LogP contribution is -2.12. The first kappa shape index (κ1) is 13.9. The van der Waals surface area contributed by atoms with Crippen molar-refractivity contribution in [1.29, 1.82) is 5.26 Å². The van der Waals surface area contributed by atoms with E-state index < -0.39 is 5.97 Å². The minimum absolute atomic E-state index is 0.0501. The molecule has 94 valence electrons. The number of nitriles is 1. The molecule has 0 aliphatic rings. The predicted molar refractivity (Wildman–Crippen MR) is 66.1 cm³/mol. The molecule has 0 heterocycles.